The van der Waals surface area contributed by atoms with Gasteiger partial charge in [0.05, 0.1) is 12.0 Å². The third-order valence-corrected chi connectivity index (χ3v) is 4.09. The fourth-order valence-corrected chi connectivity index (χ4v) is 3.02. The number of carbonyl (C=O) groups excluding carboxylic acids is 1. The number of rotatable bonds is 3. The number of aromatic amines is 1. The summed E-state index contributed by atoms with van der Waals surface area (Å²) in [6.07, 6.45) is 3.52. The summed E-state index contributed by atoms with van der Waals surface area (Å²) in [7, 11) is 0. The molecule has 0 bridgehead atoms. The van der Waals surface area contributed by atoms with E-state index in [2.05, 4.69) is 11.9 Å². The predicted octanol–water partition coefficient (Wildman–Crippen LogP) is 3.82. The van der Waals surface area contributed by atoms with Gasteiger partial charge < -0.3 is 9.72 Å². The minimum atomic E-state index is -0.0250. The number of aromatic nitrogens is 1. The Bertz CT molecular complexity index is 620. The van der Waals surface area contributed by atoms with Crippen molar-refractivity contribution in [3.8, 4) is 0 Å². The fraction of sp³-hybridized carbons (Fsp3) is 0.400. The number of benzene rings is 1. The van der Waals surface area contributed by atoms with Crippen LogP contribution in [0.3, 0.4) is 0 Å². The van der Waals surface area contributed by atoms with Gasteiger partial charge in [-0.2, -0.15) is 0 Å². The van der Waals surface area contributed by atoms with Gasteiger partial charge in [0.2, 0.25) is 0 Å². The number of hydrogen-bond donors (Lipinski definition) is 1. The van der Waals surface area contributed by atoms with Gasteiger partial charge in [-0.25, -0.2) is 0 Å². The van der Waals surface area contributed by atoms with Crippen LogP contribution in [0, 0.1) is 5.92 Å². The van der Waals surface area contributed by atoms with Gasteiger partial charge in [-0.05, 0) is 31.0 Å². The summed E-state index contributed by atoms with van der Waals surface area (Å²) in [4.78, 5) is 15.8. The summed E-state index contributed by atoms with van der Waals surface area (Å²) >= 11 is 6.02. The second kappa shape index (κ2) is 4.99. The molecule has 1 aliphatic heterocycles. The second-order valence-corrected chi connectivity index (χ2v) is 5.41. The Balaban J connectivity index is 1.99. The lowest BCUT2D eigenvalue weighted by Gasteiger charge is -2.15. The van der Waals surface area contributed by atoms with Crippen LogP contribution in [-0.4, -0.2) is 23.5 Å². The van der Waals surface area contributed by atoms with Crippen LogP contribution >= 0.6 is 11.6 Å². The molecule has 1 aliphatic rings. The van der Waals surface area contributed by atoms with Crippen molar-refractivity contribution in [3.63, 3.8) is 0 Å². The van der Waals surface area contributed by atoms with Gasteiger partial charge in [-0.3, -0.25) is 4.79 Å². The molecule has 3 rings (SSSR count). The van der Waals surface area contributed by atoms with Crippen molar-refractivity contribution >= 4 is 28.3 Å². The van der Waals surface area contributed by atoms with Gasteiger partial charge in [-0.1, -0.05) is 18.5 Å². The molecule has 0 amide bonds. The van der Waals surface area contributed by atoms with E-state index >= 15 is 0 Å². The molecule has 2 heterocycles. The van der Waals surface area contributed by atoms with E-state index in [1.165, 1.54) is 0 Å². The van der Waals surface area contributed by atoms with Crippen LogP contribution in [0.1, 0.15) is 30.1 Å². The van der Waals surface area contributed by atoms with Gasteiger partial charge in [0.1, 0.15) is 0 Å². The number of carbonyl (C=O) groups is 1. The molecular formula is C15H16ClNO2. The summed E-state index contributed by atoms with van der Waals surface area (Å²) in [5, 5.41) is 1.55. The summed E-state index contributed by atoms with van der Waals surface area (Å²) in [5.74, 6) is 0.140. The van der Waals surface area contributed by atoms with E-state index in [1.54, 1.807) is 6.20 Å². The molecule has 1 aromatic carbocycles. The van der Waals surface area contributed by atoms with E-state index in [4.69, 9.17) is 16.3 Å². The molecular weight excluding hydrogens is 262 g/mol. The Morgan fingerprint density at radius 3 is 3.16 bits per heavy atom. The van der Waals surface area contributed by atoms with Crippen LogP contribution in [0.25, 0.3) is 10.9 Å². The Morgan fingerprint density at radius 2 is 2.37 bits per heavy atom. The first kappa shape index (κ1) is 12.7. The third-order valence-electron chi connectivity index (χ3n) is 3.86. The molecule has 19 heavy (non-hydrogen) atoms. The van der Waals surface area contributed by atoms with E-state index in [9.17, 15) is 4.79 Å². The van der Waals surface area contributed by atoms with Crippen molar-refractivity contribution in [2.45, 2.75) is 25.9 Å². The van der Waals surface area contributed by atoms with Crippen molar-refractivity contribution in [2.75, 3.05) is 6.61 Å². The summed E-state index contributed by atoms with van der Waals surface area (Å²) in [6.45, 7) is 2.74. The Labute approximate surface area is 116 Å². The zero-order valence-corrected chi connectivity index (χ0v) is 11.5. The zero-order valence-electron chi connectivity index (χ0n) is 10.8. The third kappa shape index (κ3) is 2.17. The minimum Gasteiger partial charge on any atom is -0.377 e. The highest BCUT2D eigenvalue weighted by molar-refractivity contribution is 6.31. The molecule has 3 nitrogen and oxygen atoms in total. The maximum absolute atomic E-state index is 12.7. The van der Waals surface area contributed by atoms with Gasteiger partial charge >= 0.3 is 0 Å². The first-order valence-corrected chi connectivity index (χ1v) is 7.01. The molecule has 0 spiro atoms. The highest BCUT2D eigenvalue weighted by Gasteiger charge is 2.34. The number of ether oxygens (including phenoxy) is 1. The molecule has 4 heteroatoms. The van der Waals surface area contributed by atoms with E-state index in [-0.39, 0.29) is 17.8 Å². The van der Waals surface area contributed by atoms with Crippen LogP contribution in [0.5, 0.6) is 0 Å². The molecule has 0 saturated carbocycles. The molecule has 2 aromatic rings. The second-order valence-electron chi connectivity index (χ2n) is 4.97. The van der Waals surface area contributed by atoms with Crippen molar-refractivity contribution in [1.82, 2.24) is 4.98 Å². The first-order valence-electron chi connectivity index (χ1n) is 6.63. The van der Waals surface area contributed by atoms with Crippen LogP contribution in [0.2, 0.25) is 5.02 Å². The number of Topliss-reactive ketones (excluding diaryl/α,β-unsaturated/α-hetero) is 1. The normalized spacial score (nSPS) is 23.1. The molecule has 2 unspecified atom stereocenters. The van der Waals surface area contributed by atoms with Crippen LogP contribution in [-0.2, 0) is 4.74 Å². The van der Waals surface area contributed by atoms with Crippen molar-refractivity contribution in [2.24, 2.45) is 5.92 Å². The highest BCUT2D eigenvalue weighted by atomic mass is 35.5. The van der Waals surface area contributed by atoms with E-state index in [0.29, 0.717) is 11.6 Å². The molecule has 1 saturated heterocycles. The largest absolute Gasteiger partial charge is 0.377 e. The maximum Gasteiger partial charge on any atom is 0.170 e. The van der Waals surface area contributed by atoms with E-state index in [0.717, 1.165) is 29.3 Å². The first-order chi connectivity index (χ1) is 9.20. The van der Waals surface area contributed by atoms with Gasteiger partial charge in [0.15, 0.2) is 5.78 Å². The number of fused-ring (bicyclic) bond motifs is 1. The smallest absolute Gasteiger partial charge is 0.170 e. The summed E-state index contributed by atoms with van der Waals surface area (Å²) in [5.41, 5.74) is 1.67. The fourth-order valence-electron chi connectivity index (χ4n) is 2.85. The van der Waals surface area contributed by atoms with E-state index < -0.39 is 0 Å². The zero-order chi connectivity index (χ0) is 13.4. The maximum atomic E-state index is 12.7. The molecule has 0 aliphatic carbocycles. The number of hydrogen-bond acceptors (Lipinski definition) is 2. The molecule has 100 valence electrons. The molecule has 1 fully saturated rings. The number of halogens is 1. The number of nitrogens with one attached hydrogen (secondary N) is 1. The Hall–Kier alpha value is -1.32. The lowest BCUT2D eigenvalue weighted by atomic mass is 9.90. The molecule has 0 radical (unpaired) electrons. The predicted molar refractivity (Wildman–Crippen MR) is 75.8 cm³/mol. The number of H-pyrrole nitrogens is 1. The quantitative estimate of drug-likeness (QED) is 0.867. The van der Waals surface area contributed by atoms with Crippen molar-refractivity contribution in [1.29, 1.82) is 0 Å². The van der Waals surface area contributed by atoms with Crippen LogP contribution in [0.4, 0.5) is 0 Å². The SMILES string of the molecule is CCC1OCCC1C(=O)c1c[nH]c2ccc(Cl)cc12. The van der Waals surface area contributed by atoms with Crippen molar-refractivity contribution in [3.05, 3.63) is 35.0 Å². The topological polar surface area (TPSA) is 42.1 Å². The van der Waals surface area contributed by atoms with Gasteiger partial charge in [0, 0.05) is 34.3 Å². The lowest BCUT2D eigenvalue weighted by Crippen LogP contribution is -2.23. The van der Waals surface area contributed by atoms with Gasteiger partial charge in [-0.15, -0.1) is 0 Å². The molecule has 2 atom stereocenters. The lowest BCUT2D eigenvalue weighted by molar-refractivity contribution is 0.0690. The van der Waals surface area contributed by atoms with Crippen LogP contribution < -0.4 is 0 Å². The van der Waals surface area contributed by atoms with Crippen molar-refractivity contribution < 1.29 is 9.53 Å². The Kier molecular flexibility index (Phi) is 3.33. The summed E-state index contributed by atoms with van der Waals surface area (Å²) in [6, 6.07) is 5.57. The summed E-state index contributed by atoms with van der Waals surface area (Å²) < 4.78 is 5.61. The average molecular weight is 278 g/mol. The number of ketones is 1. The minimum absolute atomic E-state index is 0.0250. The van der Waals surface area contributed by atoms with Crippen LogP contribution in [0.15, 0.2) is 24.4 Å². The molecule has 1 aromatic heterocycles. The highest BCUT2D eigenvalue weighted by Crippen LogP contribution is 2.30. The Morgan fingerprint density at radius 1 is 1.53 bits per heavy atom. The van der Waals surface area contributed by atoms with E-state index in [1.807, 2.05) is 18.2 Å². The monoisotopic (exact) mass is 277 g/mol. The standard InChI is InChI=1S/C15H16ClNO2/c1-2-14-10(5-6-19-14)15(18)12-8-17-13-4-3-9(16)7-11(12)13/h3-4,7-8,10,14,17H,2,5-6H2,1H3. The van der Waals surface area contributed by atoms with Gasteiger partial charge in [0.25, 0.3) is 0 Å². The molecule has 1 N–H and O–H groups in total. The average Bonchev–Trinajstić information content (AvgIpc) is 3.03.